The van der Waals surface area contributed by atoms with Crippen LogP contribution in [0.2, 0.25) is 5.02 Å². The molecule has 0 fully saturated rings. The molecule has 22 heavy (non-hydrogen) atoms. The van der Waals surface area contributed by atoms with Crippen molar-refractivity contribution in [3.8, 4) is 0 Å². The molecule has 0 aromatic heterocycles. The van der Waals surface area contributed by atoms with Gasteiger partial charge in [-0.1, -0.05) is 24.6 Å². The highest BCUT2D eigenvalue weighted by Crippen LogP contribution is 2.22. The molecular weight excluding hydrogens is 325 g/mol. The van der Waals surface area contributed by atoms with E-state index in [4.69, 9.17) is 11.6 Å². The fraction of sp³-hybridized carbons (Fsp3) is 0.467. The summed E-state index contributed by atoms with van der Waals surface area (Å²) in [4.78, 5) is 23.5. The van der Waals surface area contributed by atoms with Gasteiger partial charge in [0.2, 0.25) is 11.8 Å². The number of anilines is 1. The first-order chi connectivity index (χ1) is 9.95. The van der Waals surface area contributed by atoms with E-state index in [-0.39, 0.29) is 36.6 Å². The molecule has 0 heterocycles. The van der Waals surface area contributed by atoms with Gasteiger partial charge in [-0.25, -0.2) is 0 Å². The third kappa shape index (κ3) is 6.64. The number of amides is 2. The Hall–Kier alpha value is -1.30. The van der Waals surface area contributed by atoms with E-state index < -0.39 is 0 Å². The van der Waals surface area contributed by atoms with Gasteiger partial charge in [-0.15, -0.1) is 12.4 Å². The maximum Gasteiger partial charge on any atom is 0.226 e. The van der Waals surface area contributed by atoms with E-state index in [0.29, 0.717) is 23.8 Å². The molecule has 1 rings (SSSR count). The van der Waals surface area contributed by atoms with E-state index in [1.165, 1.54) is 0 Å². The molecule has 124 valence electrons. The van der Waals surface area contributed by atoms with Crippen molar-refractivity contribution in [3.63, 3.8) is 0 Å². The number of carbonyl (C=O) groups is 2. The van der Waals surface area contributed by atoms with E-state index in [1.54, 1.807) is 25.2 Å². The van der Waals surface area contributed by atoms with Gasteiger partial charge in [0.1, 0.15) is 0 Å². The van der Waals surface area contributed by atoms with Gasteiger partial charge in [0.05, 0.1) is 0 Å². The Morgan fingerprint density at radius 1 is 1.32 bits per heavy atom. The van der Waals surface area contributed by atoms with Gasteiger partial charge in [-0.2, -0.15) is 0 Å². The van der Waals surface area contributed by atoms with Crippen molar-refractivity contribution in [1.29, 1.82) is 0 Å². The summed E-state index contributed by atoms with van der Waals surface area (Å²) < 4.78 is 0. The second-order valence-electron chi connectivity index (χ2n) is 4.96. The van der Waals surface area contributed by atoms with E-state index >= 15 is 0 Å². The molecular formula is C15H23Cl2N3O2. The van der Waals surface area contributed by atoms with Crippen LogP contribution in [0.3, 0.4) is 0 Å². The van der Waals surface area contributed by atoms with Crippen LogP contribution >= 0.6 is 24.0 Å². The van der Waals surface area contributed by atoms with Crippen LogP contribution in [0, 0.1) is 12.8 Å². The number of benzene rings is 1. The van der Waals surface area contributed by atoms with Crippen LogP contribution in [-0.4, -0.2) is 32.0 Å². The van der Waals surface area contributed by atoms with Crippen molar-refractivity contribution in [1.82, 2.24) is 10.6 Å². The molecule has 0 saturated heterocycles. The minimum absolute atomic E-state index is 0. The fourth-order valence-corrected chi connectivity index (χ4v) is 2.00. The SMILES string of the molecule is CNCC(C)C(=O)NCCC(=O)Nc1cccc(Cl)c1C.Cl. The molecule has 0 aliphatic rings. The first-order valence-corrected chi connectivity index (χ1v) is 7.30. The van der Waals surface area contributed by atoms with Gasteiger partial charge in [-0.3, -0.25) is 9.59 Å². The molecule has 7 heteroatoms. The highest BCUT2D eigenvalue weighted by molar-refractivity contribution is 6.31. The minimum atomic E-state index is -0.151. The highest BCUT2D eigenvalue weighted by Gasteiger charge is 2.12. The third-order valence-electron chi connectivity index (χ3n) is 3.15. The number of hydrogen-bond donors (Lipinski definition) is 3. The fourth-order valence-electron chi connectivity index (χ4n) is 1.83. The number of hydrogen-bond acceptors (Lipinski definition) is 3. The molecule has 0 saturated carbocycles. The van der Waals surface area contributed by atoms with Gasteiger partial charge in [0.25, 0.3) is 0 Å². The van der Waals surface area contributed by atoms with Gasteiger partial charge in [0, 0.05) is 36.1 Å². The summed E-state index contributed by atoms with van der Waals surface area (Å²) in [6.07, 6.45) is 0.226. The average Bonchev–Trinajstić information content (AvgIpc) is 2.44. The summed E-state index contributed by atoms with van der Waals surface area (Å²) >= 11 is 5.99. The summed E-state index contributed by atoms with van der Waals surface area (Å²) in [5.74, 6) is -0.328. The van der Waals surface area contributed by atoms with Crippen LogP contribution in [-0.2, 0) is 9.59 Å². The Morgan fingerprint density at radius 2 is 2.00 bits per heavy atom. The maximum absolute atomic E-state index is 11.8. The first kappa shape index (κ1) is 20.7. The van der Waals surface area contributed by atoms with E-state index in [0.717, 1.165) is 5.56 Å². The zero-order valence-electron chi connectivity index (χ0n) is 13.0. The molecule has 1 aromatic carbocycles. The average molecular weight is 348 g/mol. The smallest absolute Gasteiger partial charge is 0.226 e. The minimum Gasteiger partial charge on any atom is -0.355 e. The Balaban J connectivity index is 0.00000441. The third-order valence-corrected chi connectivity index (χ3v) is 3.56. The number of halogens is 2. The molecule has 0 radical (unpaired) electrons. The van der Waals surface area contributed by atoms with Crippen LogP contribution in [0.1, 0.15) is 18.9 Å². The molecule has 0 spiro atoms. The van der Waals surface area contributed by atoms with E-state index in [2.05, 4.69) is 16.0 Å². The first-order valence-electron chi connectivity index (χ1n) is 6.93. The predicted molar refractivity (Wildman–Crippen MR) is 92.8 cm³/mol. The van der Waals surface area contributed by atoms with Crippen molar-refractivity contribution in [2.45, 2.75) is 20.3 Å². The van der Waals surface area contributed by atoms with Gasteiger partial charge in [-0.05, 0) is 31.7 Å². The topological polar surface area (TPSA) is 70.2 Å². The van der Waals surface area contributed by atoms with Crippen molar-refractivity contribution in [2.24, 2.45) is 5.92 Å². The lowest BCUT2D eigenvalue weighted by molar-refractivity contribution is -0.124. The second kappa shape index (κ2) is 10.4. The second-order valence-corrected chi connectivity index (χ2v) is 5.37. The van der Waals surface area contributed by atoms with Crippen LogP contribution in [0.25, 0.3) is 0 Å². The lowest BCUT2D eigenvalue weighted by Gasteiger charge is -2.12. The standard InChI is InChI=1S/C15H22ClN3O2.ClH/c1-10(9-17-3)15(21)18-8-7-14(20)19-13-6-4-5-12(16)11(13)2;/h4-6,10,17H,7-9H2,1-3H3,(H,18,21)(H,19,20);1H. The zero-order valence-corrected chi connectivity index (χ0v) is 14.6. The lowest BCUT2D eigenvalue weighted by Crippen LogP contribution is -2.35. The van der Waals surface area contributed by atoms with Gasteiger partial charge >= 0.3 is 0 Å². The Labute approximate surface area is 142 Å². The Morgan fingerprint density at radius 3 is 2.64 bits per heavy atom. The molecule has 1 atom stereocenters. The highest BCUT2D eigenvalue weighted by atomic mass is 35.5. The quantitative estimate of drug-likeness (QED) is 0.709. The predicted octanol–water partition coefficient (Wildman–Crippen LogP) is 2.37. The summed E-state index contributed by atoms with van der Waals surface area (Å²) in [6, 6.07) is 5.36. The molecule has 3 N–H and O–H groups in total. The Kier molecular flexibility index (Phi) is 9.81. The zero-order chi connectivity index (χ0) is 15.8. The largest absolute Gasteiger partial charge is 0.355 e. The summed E-state index contributed by atoms with van der Waals surface area (Å²) in [6.45, 7) is 4.61. The molecule has 1 unspecified atom stereocenters. The Bertz CT molecular complexity index is 510. The van der Waals surface area contributed by atoms with Crippen LogP contribution in [0.15, 0.2) is 18.2 Å². The van der Waals surface area contributed by atoms with Gasteiger partial charge < -0.3 is 16.0 Å². The number of carbonyl (C=O) groups excluding carboxylic acids is 2. The summed E-state index contributed by atoms with van der Waals surface area (Å²) in [7, 11) is 1.80. The van der Waals surface area contributed by atoms with Crippen molar-refractivity contribution >= 4 is 41.5 Å². The molecule has 2 amide bonds. The van der Waals surface area contributed by atoms with E-state index in [1.807, 2.05) is 13.8 Å². The van der Waals surface area contributed by atoms with Gasteiger partial charge in [0.15, 0.2) is 0 Å². The molecule has 0 aliphatic heterocycles. The maximum atomic E-state index is 11.8. The number of nitrogens with one attached hydrogen (secondary N) is 3. The molecule has 1 aromatic rings. The van der Waals surface area contributed by atoms with E-state index in [9.17, 15) is 9.59 Å². The van der Waals surface area contributed by atoms with Crippen molar-refractivity contribution in [3.05, 3.63) is 28.8 Å². The summed E-state index contributed by atoms with van der Waals surface area (Å²) in [5.41, 5.74) is 1.53. The normalized spacial score (nSPS) is 11.3. The number of rotatable bonds is 7. The monoisotopic (exact) mass is 347 g/mol. The molecule has 0 aliphatic carbocycles. The molecule has 0 bridgehead atoms. The van der Waals surface area contributed by atoms with Crippen LogP contribution in [0.5, 0.6) is 0 Å². The summed E-state index contributed by atoms with van der Waals surface area (Å²) in [5, 5.41) is 9.09. The van der Waals surface area contributed by atoms with Crippen LogP contribution < -0.4 is 16.0 Å². The molecule has 5 nitrogen and oxygen atoms in total. The van der Waals surface area contributed by atoms with Crippen molar-refractivity contribution in [2.75, 3.05) is 25.5 Å². The van der Waals surface area contributed by atoms with Crippen LogP contribution in [0.4, 0.5) is 5.69 Å². The van der Waals surface area contributed by atoms with Crippen molar-refractivity contribution < 1.29 is 9.59 Å². The lowest BCUT2D eigenvalue weighted by atomic mass is 10.1.